The first-order valence-corrected chi connectivity index (χ1v) is 7.26. The Morgan fingerprint density at radius 2 is 2.17 bits per heavy atom. The van der Waals surface area contributed by atoms with E-state index in [2.05, 4.69) is 30.1 Å². The van der Waals surface area contributed by atoms with Crippen molar-refractivity contribution in [2.24, 2.45) is 0 Å². The van der Waals surface area contributed by atoms with Gasteiger partial charge < -0.3 is 0 Å². The van der Waals surface area contributed by atoms with Crippen molar-refractivity contribution in [3.05, 3.63) is 59.3 Å². The summed E-state index contributed by atoms with van der Waals surface area (Å²) < 4.78 is 1.15. The van der Waals surface area contributed by atoms with Gasteiger partial charge in [-0.3, -0.25) is 0 Å². The minimum absolute atomic E-state index is 0.822. The Kier molecular flexibility index (Phi) is 4.42. The van der Waals surface area contributed by atoms with Crippen molar-refractivity contribution >= 4 is 38.0 Å². The predicted octanol–water partition coefficient (Wildman–Crippen LogP) is 2.10. The van der Waals surface area contributed by atoms with E-state index in [1.54, 1.807) is 0 Å². The van der Waals surface area contributed by atoms with Crippen LogP contribution >= 0.6 is 0 Å². The topological polar surface area (TPSA) is 38.9 Å². The minimum atomic E-state index is 0.822. The Hall–Kier alpha value is -1.29. The van der Waals surface area contributed by atoms with E-state index in [9.17, 15) is 0 Å². The molecule has 0 amide bonds. The van der Waals surface area contributed by atoms with Crippen LogP contribution in [0.25, 0.3) is 6.08 Å². The fourth-order valence-corrected chi connectivity index (χ4v) is 2.53. The van der Waals surface area contributed by atoms with E-state index in [0.717, 1.165) is 15.8 Å². The molecule has 1 aromatic heterocycles. The molecule has 2 rings (SSSR count). The number of nitrogens with zero attached hydrogens (tertiary/aromatic N) is 1. The number of allylic oxidation sites excluding steroid dienone is 1. The first-order valence-electron chi connectivity index (χ1n) is 5.83. The van der Waals surface area contributed by atoms with Gasteiger partial charge in [0, 0.05) is 0 Å². The molecule has 0 bridgehead atoms. The molecule has 0 aliphatic carbocycles. The van der Waals surface area contributed by atoms with Crippen molar-refractivity contribution in [1.82, 2.24) is 4.98 Å². The van der Waals surface area contributed by atoms with Gasteiger partial charge in [0.05, 0.1) is 0 Å². The molecule has 18 heavy (non-hydrogen) atoms. The first kappa shape index (κ1) is 13.1. The van der Waals surface area contributed by atoms with Crippen LogP contribution in [0.1, 0.15) is 18.1 Å². The summed E-state index contributed by atoms with van der Waals surface area (Å²) in [7, 11) is 0. The second-order valence-electron chi connectivity index (χ2n) is 4.35. The zero-order chi connectivity index (χ0) is 13.0. The molecule has 0 saturated carbocycles. The van der Waals surface area contributed by atoms with E-state index in [1.165, 1.54) is 39.2 Å². The van der Waals surface area contributed by atoms with Gasteiger partial charge in [-0.05, 0) is 0 Å². The van der Waals surface area contributed by atoms with E-state index in [-0.39, 0.29) is 0 Å². The van der Waals surface area contributed by atoms with Gasteiger partial charge >= 0.3 is 121 Å². The average molecular weight is 342 g/mol. The molecule has 1 heterocycles. The summed E-state index contributed by atoms with van der Waals surface area (Å²) >= 11 is 1.35. The summed E-state index contributed by atoms with van der Waals surface area (Å²) in [5.41, 5.74) is 10.4. The van der Waals surface area contributed by atoms with Crippen LogP contribution in [-0.4, -0.2) is 27.5 Å². The fraction of sp³-hybridized carbons (Fsp3) is 0.133. The summed E-state index contributed by atoms with van der Waals surface area (Å²) in [6.07, 6.45) is 4.98. The average Bonchev–Trinajstić information content (AvgIpc) is 2.32. The summed E-state index contributed by atoms with van der Waals surface area (Å²) in [6, 6.07) is 12.1. The third kappa shape index (κ3) is 3.60. The predicted molar refractivity (Wildman–Crippen MR) is 77.8 cm³/mol. The third-order valence-corrected chi connectivity index (χ3v) is 3.87. The second-order valence-corrected chi connectivity index (χ2v) is 5.71. The maximum atomic E-state index is 5.79. The Morgan fingerprint density at radius 1 is 1.33 bits per heavy atom. The van der Waals surface area contributed by atoms with Crippen molar-refractivity contribution in [1.29, 1.82) is 0 Å². The van der Waals surface area contributed by atoms with Gasteiger partial charge in [0.1, 0.15) is 0 Å². The summed E-state index contributed by atoms with van der Waals surface area (Å²) in [6.45, 7) is 2.14. The van der Waals surface area contributed by atoms with Crippen molar-refractivity contribution in [2.45, 2.75) is 13.3 Å². The monoisotopic (exact) mass is 343 g/mol. The third-order valence-electron chi connectivity index (χ3n) is 2.67. The van der Waals surface area contributed by atoms with Crippen LogP contribution < -0.4 is 9.44 Å². The molecule has 0 aliphatic heterocycles. The Morgan fingerprint density at radius 3 is 2.89 bits per heavy atom. The van der Waals surface area contributed by atoms with Crippen molar-refractivity contribution < 1.29 is 0 Å². The molecule has 0 spiro atoms. The van der Waals surface area contributed by atoms with Crippen LogP contribution in [0, 0.1) is 0 Å². The molecule has 2 N–H and O–H groups in total. The van der Waals surface area contributed by atoms with Crippen LogP contribution in [0.15, 0.2) is 48.2 Å². The van der Waals surface area contributed by atoms with E-state index < -0.39 is 0 Å². The number of pyridine rings is 1. The molecular formula is C15H15N2Sn. The van der Waals surface area contributed by atoms with E-state index in [1.807, 2.05) is 30.5 Å². The van der Waals surface area contributed by atoms with Crippen LogP contribution in [0.5, 0.6) is 0 Å². The van der Waals surface area contributed by atoms with Crippen LogP contribution in [0.3, 0.4) is 0 Å². The summed E-state index contributed by atoms with van der Waals surface area (Å²) in [4.78, 5) is 4.33. The molecule has 0 aliphatic rings. The summed E-state index contributed by atoms with van der Waals surface area (Å²) in [5.74, 6) is 0. The SMILES string of the molecule is C/C(=C\c1cccn[c]1[Sn])Cc1cccc(N)c1. The Bertz CT molecular complexity index is 576. The van der Waals surface area contributed by atoms with Gasteiger partial charge in [-0.25, -0.2) is 0 Å². The van der Waals surface area contributed by atoms with Crippen molar-refractivity contribution in [3.8, 4) is 0 Å². The van der Waals surface area contributed by atoms with Crippen LogP contribution in [-0.2, 0) is 6.42 Å². The van der Waals surface area contributed by atoms with Gasteiger partial charge in [-0.1, -0.05) is 0 Å². The molecule has 89 valence electrons. The number of nitrogen functional groups attached to an aromatic ring is 1. The second kappa shape index (κ2) is 6.05. The molecular weight excluding hydrogens is 327 g/mol. The van der Waals surface area contributed by atoms with Gasteiger partial charge in [-0.15, -0.1) is 0 Å². The number of rotatable bonds is 3. The molecule has 2 aromatic rings. The molecule has 3 heteroatoms. The van der Waals surface area contributed by atoms with E-state index in [0.29, 0.717) is 0 Å². The Labute approximate surface area is 121 Å². The standard InChI is InChI=1S/C15H15N2.Sn/c1-12(9-14-5-3-7-17-11-14)8-13-4-2-6-15(16)10-13;/h2-7,9-10H,8,16H2,1H3;/b12-9+;. The number of aromatic nitrogens is 1. The molecule has 2 nitrogen and oxygen atoms in total. The van der Waals surface area contributed by atoms with Crippen LogP contribution in [0.4, 0.5) is 5.69 Å². The number of hydrogen-bond acceptors (Lipinski definition) is 2. The number of nitrogens with two attached hydrogens (primary N) is 1. The normalized spacial score (nSPS) is 11.6. The number of anilines is 1. The molecule has 0 unspecified atom stereocenters. The zero-order valence-electron chi connectivity index (χ0n) is 10.4. The fourth-order valence-electron chi connectivity index (χ4n) is 1.88. The van der Waals surface area contributed by atoms with Crippen molar-refractivity contribution in [3.63, 3.8) is 0 Å². The quantitative estimate of drug-likeness (QED) is 0.686. The number of benzene rings is 1. The van der Waals surface area contributed by atoms with Gasteiger partial charge in [-0.2, -0.15) is 0 Å². The van der Waals surface area contributed by atoms with Crippen molar-refractivity contribution in [2.75, 3.05) is 5.73 Å². The number of hydrogen-bond donors (Lipinski definition) is 1. The zero-order valence-corrected chi connectivity index (χ0v) is 13.2. The molecule has 3 radical (unpaired) electrons. The maximum absolute atomic E-state index is 5.79. The Balaban J connectivity index is 2.17. The van der Waals surface area contributed by atoms with E-state index >= 15 is 0 Å². The van der Waals surface area contributed by atoms with Gasteiger partial charge in [0.15, 0.2) is 0 Å². The van der Waals surface area contributed by atoms with Gasteiger partial charge in [0.25, 0.3) is 0 Å². The molecule has 0 saturated heterocycles. The first-order chi connectivity index (χ1) is 8.65. The molecule has 1 aromatic carbocycles. The van der Waals surface area contributed by atoms with Crippen LogP contribution in [0.2, 0.25) is 0 Å². The van der Waals surface area contributed by atoms with E-state index in [4.69, 9.17) is 5.73 Å². The van der Waals surface area contributed by atoms with Gasteiger partial charge in [0.2, 0.25) is 0 Å². The summed E-state index contributed by atoms with van der Waals surface area (Å²) in [5, 5.41) is 0. The molecule has 0 atom stereocenters. The molecule has 0 fully saturated rings.